The summed E-state index contributed by atoms with van der Waals surface area (Å²) in [5.74, 6) is 2.00. The van der Waals surface area contributed by atoms with Crippen molar-refractivity contribution in [1.82, 2.24) is 0 Å². The Labute approximate surface area is 179 Å². The number of thioether (sulfide) groups is 1. The van der Waals surface area contributed by atoms with Crippen LogP contribution in [0.1, 0.15) is 50.3 Å². The third kappa shape index (κ3) is 4.00. The van der Waals surface area contributed by atoms with Gasteiger partial charge in [0.05, 0.1) is 0 Å². The number of thiophene rings is 3. The van der Waals surface area contributed by atoms with Gasteiger partial charge in [-0.15, -0.1) is 45.8 Å². The maximum atomic E-state index is 2.48. The summed E-state index contributed by atoms with van der Waals surface area (Å²) in [4.78, 5) is 9.95. The molecule has 0 spiro atoms. The van der Waals surface area contributed by atoms with Gasteiger partial charge in [-0.3, -0.25) is 0 Å². The summed E-state index contributed by atoms with van der Waals surface area (Å²) in [7, 11) is 0. The molecule has 2 unspecified atom stereocenters. The predicted octanol–water partition coefficient (Wildman–Crippen LogP) is 9.08. The van der Waals surface area contributed by atoms with Crippen LogP contribution in [0.25, 0.3) is 24.4 Å². The second kappa shape index (κ2) is 7.90. The Morgan fingerprint density at radius 3 is 1.74 bits per heavy atom. The summed E-state index contributed by atoms with van der Waals surface area (Å²) < 4.78 is 0. The predicted molar refractivity (Wildman–Crippen MR) is 128 cm³/mol. The fourth-order valence-corrected chi connectivity index (χ4v) is 8.24. The summed E-state index contributed by atoms with van der Waals surface area (Å²) >= 11 is 7.87. The minimum atomic E-state index is 0.609. The van der Waals surface area contributed by atoms with E-state index in [1.807, 2.05) is 34.0 Å². The van der Waals surface area contributed by atoms with Crippen molar-refractivity contribution in [3.63, 3.8) is 0 Å². The molecule has 0 aromatic carbocycles. The molecule has 0 saturated heterocycles. The molecule has 1 aliphatic heterocycles. The molecule has 3 aromatic rings. The Balaban J connectivity index is 1.54. The molecule has 0 N–H and O–H groups in total. The second-order valence-corrected chi connectivity index (χ2v) is 12.4. The highest BCUT2D eigenvalue weighted by atomic mass is 32.2. The van der Waals surface area contributed by atoms with Gasteiger partial charge >= 0.3 is 0 Å². The molecule has 0 amide bonds. The van der Waals surface area contributed by atoms with E-state index in [4.69, 9.17) is 0 Å². The molecule has 0 saturated carbocycles. The molecule has 0 radical (unpaired) electrons. The zero-order chi connectivity index (χ0) is 19.1. The highest BCUT2D eigenvalue weighted by Crippen LogP contribution is 2.49. The molecule has 0 aliphatic carbocycles. The van der Waals surface area contributed by atoms with E-state index >= 15 is 0 Å². The number of allylic oxidation sites excluding steroid dienone is 1. The van der Waals surface area contributed by atoms with Gasteiger partial charge in [0.15, 0.2) is 0 Å². The van der Waals surface area contributed by atoms with Crippen LogP contribution in [0.15, 0.2) is 42.5 Å². The van der Waals surface area contributed by atoms with E-state index in [2.05, 4.69) is 88.9 Å². The van der Waals surface area contributed by atoms with Crippen LogP contribution in [0, 0.1) is 11.8 Å². The summed E-state index contributed by atoms with van der Waals surface area (Å²) in [5.41, 5.74) is 0. The molecule has 1 aliphatic rings. The third-order valence-corrected chi connectivity index (χ3v) is 11.0. The van der Waals surface area contributed by atoms with Gasteiger partial charge in [-0.05, 0) is 54.2 Å². The minimum Gasteiger partial charge on any atom is -0.139 e. The lowest BCUT2D eigenvalue weighted by Crippen LogP contribution is -2.14. The van der Waals surface area contributed by atoms with Gasteiger partial charge in [-0.2, -0.15) is 0 Å². The molecule has 142 valence electrons. The Morgan fingerprint density at radius 1 is 0.704 bits per heavy atom. The largest absolute Gasteiger partial charge is 0.139 e. The monoisotopic (exact) mass is 430 g/mol. The second-order valence-electron chi connectivity index (χ2n) is 7.90. The van der Waals surface area contributed by atoms with Gasteiger partial charge in [-0.1, -0.05) is 40.7 Å². The smallest absolute Gasteiger partial charge is 0.0449 e. The molecule has 4 heterocycles. The van der Waals surface area contributed by atoms with Crippen molar-refractivity contribution in [2.45, 2.75) is 45.8 Å². The molecule has 0 nitrogen and oxygen atoms in total. The van der Waals surface area contributed by atoms with Gasteiger partial charge in [0, 0.05) is 39.4 Å². The van der Waals surface area contributed by atoms with Crippen LogP contribution in [0.2, 0.25) is 0 Å². The molecule has 4 rings (SSSR count). The zero-order valence-corrected chi connectivity index (χ0v) is 19.7. The average Bonchev–Trinajstić information content (AvgIpc) is 3.38. The van der Waals surface area contributed by atoms with Crippen molar-refractivity contribution in [2.24, 2.45) is 11.8 Å². The van der Waals surface area contributed by atoms with E-state index in [0.717, 1.165) is 5.92 Å². The number of hydrogen-bond acceptors (Lipinski definition) is 4. The van der Waals surface area contributed by atoms with Gasteiger partial charge < -0.3 is 0 Å². The summed E-state index contributed by atoms with van der Waals surface area (Å²) in [6.45, 7) is 11.6. The van der Waals surface area contributed by atoms with Crippen molar-refractivity contribution in [2.75, 3.05) is 0 Å². The molecular formula is C23H26S4. The highest BCUT2D eigenvalue weighted by molar-refractivity contribution is 8.09. The number of rotatable bonds is 5. The standard InChI is InChI=1S/C23H26S4/c1-13(2)16-6-7-17(24-16)18-8-9-19(25-18)20-10-11-21(26-20)22-12-15(5)23(27-22)14(3)4/h6-15,23H,1-5H3. The van der Waals surface area contributed by atoms with Crippen LogP contribution in [-0.2, 0) is 0 Å². The Kier molecular flexibility index (Phi) is 5.71. The Morgan fingerprint density at radius 2 is 1.22 bits per heavy atom. The number of hydrogen-bond donors (Lipinski definition) is 0. The van der Waals surface area contributed by atoms with Crippen LogP contribution in [0.5, 0.6) is 0 Å². The van der Waals surface area contributed by atoms with Gasteiger partial charge in [0.25, 0.3) is 0 Å². The first-order valence-corrected chi connectivity index (χ1v) is 12.9. The lowest BCUT2D eigenvalue weighted by atomic mass is 9.98. The average molecular weight is 431 g/mol. The molecule has 2 atom stereocenters. The van der Waals surface area contributed by atoms with Crippen LogP contribution in [-0.4, -0.2) is 5.25 Å². The summed E-state index contributed by atoms with van der Waals surface area (Å²) in [6, 6.07) is 13.8. The van der Waals surface area contributed by atoms with Crippen molar-refractivity contribution < 1.29 is 0 Å². The normalized spacial score (nSPS) is 20.0. The molecule has 4 heteroatoms. The van der Waals surface area contributed by atoms with Gasteiger partial charge in [0.2, 0.25) is 0 Å². The van der Waals surface area contributed by atoms with E-state index < -0.39 is 0 Å². The van der Waals surface area contributed by atoms with E-state index in [9.17, 15) is 0 Å². The first-order valence-electron chi connectivity index (χ1n) is 9.61. The van der Waals surface area contributed by atoms with E-state index in [1.165, 1.54) is 34.2 Å². The van der Waals surface area contributed by atoms with Gasteiger partial charge in [-0.25, -0.2) is 0 Å². The topological polar surface area (TPSA) is 0 Å². The Bertz CT molecular complexity index is 951. The first-order chi connectivity index (χ1) is 12.9. The molecule has 0 bridgehead atoms. The Hall–Kier alpha value is -0.810. The SMILES string of the molecule is CC(C)c1ccc(-c2ccc(-c3ccc(C4=CC(C)C(C(C)C)S4)s3)s2)s1. The molecule has 0 fully saturated rings. The lowest BCUT2D eigenvalue weighted by Gasteiger charge is -2.18. The fourth-order valence-electron chi connectivity index (χ4n) is 3.51. The zero-order valence-electron chi connectivity index (χ0n) is 16.5. The van der Waals surface area contributed by atoms with Crippen LogP contribution >= 0.6 is 45.8 Å². The van der Waals surface area contributed by atoms with Crippen LogP contribution in [0.3, 0.4) is 0 Å². The van der Waals surface area contributed by atoms with Crippen molar-refractivity contribution in [3.05, 3.63) is 52.2 Å². The van der Waals surface area contributed by atoms with E-state index in [0.29, 0.717) is 17.1 Å². The van der Waals surface area contributed by atoms with Crippen molar-refractivity contribution in [3.8, 4) is 19.5 Å². The molecule has 3 aromatic heterocycles. The lowest BCUT2D eigenvalue weighted by molar-refractivity contribution is 0.529. The molecular weight excluding hydrogens is 405 g/mol. The van der Waals surface area contributed by atoms with Crippen molar-refractivity contribution >= 4 is 50.7 Å². The first kappa shape index (κ1) is 19.5. The maximum Gasteiger partial charge on any atom is 0.0449 e. The maximum absolute atomic E-state index is 2.48. The highest BCUT2D eigenvalue weighted by Gasteiger charge is 2.28. The fraction of sp³-hybridized carbons (Fsp3) is 0.391. The van der Waals surface area contributed by atoms with E-state index in [-0.39, 0.29) is 0 Å². The van der Waals surface area contributed by atoms with E-state index in [1.54, 1.807) is 0 Å². The van der Waals surface area contributed by atoms with Gasteiger partial charge in [0.1, 0.15) is 0 Å². The summed E-state index contributed by atoms with van der Waals surface area (Å²) in [5, 5.41) is 0.716. The van der Waals surface area contributed by atoms with Crippen LogP contribution < -0.4 is 0 Å². The van der Waals surface area contributed by atoms with Crippen LogP contribution in [0.4, 0.5) is 0 Å². The van der Waals surface area contributed by atoms with Crippen molar-refractivity contribution in [1.29, 1.82) is 0 Å². The minimum absolute atomic E-state index is 0.609. The third-order valence-electron chi connectivity index (χ3n) is 4.99. The molecule has 27 heavy (non-hydrogen) atoms. The quantitative estimate of drug-likeness (QED) is 0.389. The summed E-state index contributed by atoms with van der Waals surface area (Å²) in [6.07, 6.45) is 2.48.